The van der Waals surface area contributed by atoms with Crippen molar-refractivity contribution in [1.29, 1.82) is 0 Å². The van der Waals surface area contributed by atoms with Crippen molar-refractivity contribution in [3.05, 3.63) is 30.3 Å². The van der Waals surface area contributed by atoms with Crippen LogP contribution in [0.2, 0.25) is 0 Å². The third-order valence-corrected chi connectivity index (χ3v) is 8.26. The molecule has 4 bridgehead atoms. The number of nitrogens with zero attached hydrogens (tertiary/aromatic N) is 3. The lowest BCUT2D eigenvalue weighted by Gasteiger charge is -2.42. The number of rotatable bonds is 3. The highest BCUT2D eigenvalue weighted by Crippen LogP contribution is 2.93. The largest absolute Gasteiger partial charge is 0.465 e. The van der Waals surface area contributed by atoms with E-state index in [2.05, 4.69) is 0 Å². The first-order valence-electron chi connectivity index (χ1n) is 7.38. The normalized spacial score (nSPS) is 64.3. The minimum absolute atomic E-state index is 0.0111. The van der Waals surface area contributed by atoms with Crippen molar-refractivity contribution in [3.63, 3.8) is 0 Å². The summed E-state index contributed by atoms with van der Waals surface area (Å²) in [6, 6.07) is -0.589. The van der Waals surface area contributed by atoms with Gasteiger partial charge >= 0.3 is 5.66 Å². The topological polar surface area (TPSA) is 129 Å². The second-order valence-electron chi connectivity index (χ2n) is 7.74. The molecule has 0 amide bonds. The molecule has 9 heteroatoms. The van der Waals surface area contributed by atoms with E-state index in [4.69, 9.17) is 0 Å². The van der Waals surface area contributed by atoms with Crippen LogP contribution < -0.4 is 0 Å². The van der Waals surface area contributed by atoms with Crippen molar-refractivity contribution < 1.29 is 14.8 Å². The molecular weight excluding hydrogens is 282 g/mol. The van der Waals surface area contributed by atoms with Crippen LogP contribution in [0, 0.1) is 89.5 Å². The Balaban J connectivity index is 1.61. The van der Waals surface area contributed by atoms with E-state index in [1.165, 1.54) is 0 Å². The van der Waals surface area contributed by atoms with E-state index in [9.17, 15) is 30.3 Å². The van der Waals surface area contributed by atoms with E-state index in [-0.39, 0.29) is 52.3 Å². The van der Waals surface area contributed by atoms with Crippen LogP contribution in [0.15, 0.2) is 0 Å². The van der Waals surface area contributed by atoms with Crippen molar-refractivity contribution in [1.82, 2.24) is 0 Å². The summed E-state index contributed by atoms with van der Waals surface area (Å²) in [4.78, 5) is 33.2. The zero-order valence-corrected chi connectivity index (χ0v) is 10.6. The van der Waals surface area contributed by atoms with E-state index >= 15 is 0 Å². The molecular formula is C12H11N3O6. The molecule has 0 saturated heterocycles. The predicted molar refractivity (Wildman–Crippen MR) is 62.4 cm³/mol. The van der Waals surface area contributed by atoms with Gasteiger partial charge in [0.15, 0.2) is 0 Å². The van der Waals surface area contributed by atoms with Gasteiger partial charge in [-0.15, -0.1) is 0 Å². The minimum Gasteiger partial charge on any atom is -0.264 e. The SMILES string of the molecule is O=[N+]([O-])C1[C@H]2[C@@H]3[C@@H]4[C@H]1[C@@H]1[C@@H]2[C@H]2[C@H]3[C@@H]4[C@H]1C2([N+](=O)[O-])[N+](=O)[O-]. The number of nitro groups is 3. The summed E-state index contributed by atoms with van der Waals surface area (Å²) in [6.45, 7) is 0. The summed E-state index contributed by atoms with van der Waals surface area (Å²) >= 11 is 0. The molecule has 0 aromatic heterocycles. The lowest BCUT2D eigenvalue weighted by Crippen LogP contribution is -2.52. The van der Waals surface area contributed by atoms with Gasteiger partial charge in [-0.1, -0.05) is 0 Å². The predicted octanol–water partition coefficient (Wildman–Crippen LogP) is 0.125. The summed E-state index contributed by atoms with van der Waals surface area (Å²) in [6.07, 6.45) is 0. The van der Waals surface area contributed by atoms with E-state index in [0.717, 1.165) is 0 Å². The third kappa shape index (κ3) is 0.643. The van der Waals surface area contributed by atoms with Crippen molar-refractivity contribution in [2.45, 2.75) is 11.7 Å². The second kappa shape index (κ2) is 2.52. The molecule has 0 aromatic carbocycles. The highest BCUT2D eigenvalue weighted by Gasteiger charge is 3.03. The van der Waals surface area contributed by atoms with E-state index in [1.807, 2.05) is 0 Å². The minimum atomic E-state index is -2.04. The lowest BCUT2D eigenvalue weighted by atomic mass is 9.60. The molecule has 110 valence electrons. The van der Waals surface area contributed by atoms with Gasteiger partial charge in [-0.05, 0) is 35.5 Å². The maximum absolute atomic E-state index is 11.6. The quantitative estimate of drug-likeness (QED) is 0.413. The van der Waals surface area contributed by atoms with Gasteiger partial charge in [0.25, 0.3) is 0 Å². The highest BCUT2D eigenvalue weighted by molar-refractivity contribution is 5.39. The monoisotopic (exact) mass is 293 g/mol. The molecule has 7 saturated carbocycles. The Bertz CT molecular complexity index is 630. The Kier molecular flexibility index (Phi) is 1.30. The van der Waals surface area contributed by atoms with Gasteiger partial charge in [0.2, 0.25) is 6.04 Å². The van der Waals surface area contributed by atoms with Crippen molar-refractivity contribution in [3.8, 4) is 0 Å². The maximum atomic E-state index is 11.6. The fraction of sp³-hybridized carbons (Fsp3) is 1.00. The Morgan fingerprint density at radius 1 is 0.619 bits per heavy atom. The molecule has 0 radical (unpaired) electrons. The number of hydrogen-bond acceptors (Lipinski definition) is 6. The first kappa shape index (κ1) is 10.9. The average molecular weight is 293 g/mol. The summed E-state index contributed by atoms with van der Waals surface area (Å²) in [7, 11) is 0. The van der Waals surface area contributed by atoms with E-state index < -0.39 is 33.4 Å². The first-order chi connectivity index (χ1) is 9.95. The molecule has 0 heterocycles. The molecule has 7 aliphatic rings. The molecule has 7 aliphatic carbocycles. The summed E-state index contributed by atoms with van der Waals surface area (Å²) < 4.78 is 0. The molecule has 9 nitrogen and oxygen atoms in total. The second-order valence-corrected chi connectivity index (χ2v) is 7.74. The van der Waals surface area contributed by atoms with Crippen LogP contribution >= 0.6 is 0 Å². The van der Waals surface area contributed by atoms with Gasteiger partial charge in [0.1, 0.15) is 11.8 Å². The maximum Gasteiger partial charge on any atom is 0.465 e. The summed E-state index contributed by atoms with van der Waals surface area (Å²) in [5.41, 5.74) is -2.04. The Morgan fingerprint density at radius 3 is 1.33 bits per heavy atom. The smallest absolute Gasteiger partial charge is 0.264 e. The van der Waals surface area contributed by atoms with E-state index in [0.29, 0.717) is 0 Å². The Morgan fingerprint density at radius 2 is 1.00 bits per heavy atom. The van der Waals surface area contributed by atoms with Crippen molar-refractivity contribution in [2.75, 3.05) is 0 Å². The van der Waals surface area contributed by atoms with Crippen LogP contribution in [0.1, 0.15) is 0 Å². The zero-order valence-electron chi connectivity index (χ0n) is 10.6. The van der Waals surface area contributed by atoms with Gasteiger partial charge in [-0.3, -0.25) is 30.3 Å². The van der Waals surface area contributed by atoms with Gasteiger partial charge in [0.05, 0.1) is 9.85 Å². The van der Waals surface area contributed by atoms with Crippen LogP contribution in [-0.2, 0) is 0 Å². The third-order valence-electron chi connectivity index (χ3n) is 8.26. The molecule has 1 unspecified atom stereocenters. The summed E-state index contributed by atoms with van der Waals surface area (Å²) in [5.74, 6) is -1.30. The molecule has 11 atom stereocenters. The van der Waals surface area contributed by atoms with E-state index in [1.54, 1.807) is 0 Å². The molecule has 0 N–H and O–H groups in total. The molecule has 7 rings (SSSR count). The zero-order chi connectivity index (χ0) is 14.6. The van der Waals surface area contributed by atoms with Crippen molar-refractivity contribution in [2.24, 2.45) is 59.2 Å². The molecule has 21 heavy (non-hydrogen) atoms. The van der Waals surface area contributed by atoms with Gasteiger partial charge in [-0.25, -0.2) is 0 Å². The Labute approximate surface area is 117 Å². The Hall–Kier alpha value is -1.80. The lowest BCUT2D eigenvalue weighted by molar-refractivity contribution is -0.809. The molecule has 0 aromatic rings. The standard InChI is InChI=1S/C12H11N3O6/c16-13(17)11-7-1-2-4-3(1)9-5(7)6(8(2)11)10(4)12(9,14(18)19)15(20)21/h1-11H/t1-,2+,3-,4-,5+,6+,7+,8+,9-,10-,11?/m1/s1. The molecule has 7 fully saturated rings. The van der Waals surface area contributed by atoms with Gasteiger partial charge in [-0.2, -0.15) is 0 Å². The molecule has 0 aliphatic heterocycles. The first-order valence-corrected chi connectivity index (χ1v) is 7.38. The van der Waals surface area contributed by atoms with Gasteiger partial charge < -0.3 is 0 Å². The highest BCUT2D eigenvalue weighted by atomic mass is 16.7. The van der Waals surface area contributed by atoms with Crippen LogP contribution in [0.5, 0.6) is 0 Å². The average Bonchev–Trinajstić information content (AvgIpc) is 2.96. The fourth-order valence-corrected chi connectivity index (χ4v) is 8.72. The van der Waals surface area contributed by atoms with Crippen LogP contribution in [0.3, 0.4) is 0 Å². The fourth-order valence-electron chi connectivity index (χ4n) is 8.72. The van der Waals surface area contributed by atoms with Gasteiger partial charge in [0, 0.05) is 16.8 Å². The summed E-state index contributed by atoms with van der Waals surface area (Å²) in [5, 5.41) is 34.7. The number of hydrogen-bond donors (Lipinski definition) is 0. The van der Waals surface area contributed by atoms with Crippen molar-refractivity contribution >= 4 is 0 Å². The van der Waals surface area contributed by atoms with Crippen LogP contribution in [-0.4, -0.2) is 26.5 Å². The molecule has 0 spiro atoms. The van der Waals surface area contributed by atoms with Crippen LogP contribution in [0.25, 0.3) is 0 Å². The van der Waals surface area contributed by atoms with Crippen LogP contribution in [0.4, 0.5) is 0 Å².